The van der Waals surface area contributed by atoms with Gasteiger partial charge in [-0.05, 0) is 40.5 Å². The van der Waals surface area contributed by atoms with Gasteiger partial charge in [0.25, 0.3) is 5.56 Å². The Morgan fingerprint density at radius 1 is 1.44 bits per heavy atom. The van der Waals surface area contributed by atoms with Crippen molar-refractivity contribution in [2.24, 2.45) is 0 Å². The smallest absolute Gasteiger partial charge is 0.269 e. The zero-order valence-corrected chi connectivity index (χ0v) is 11.4. The Bertz CT molecular complexity index is 652. The summed E-state index contributed by atoms with van der Waals surface area (Å²) in [5.74, 6) is 0.494. The first-order valence-corrected chi connectivity index (χ1v) is 5.96. The van der Waals surface area contributed by atoms with Gasteiger partial charge in [-0.1, -0.05) is 6.07 Å². The Morgan fingerprint density at radius 2 is 2.17 bits per heavy atom. The van der Waals surface area contributed by atoms with E-state index in [2.05, 4.69) is 25.9 Å². The second kappa shape index (κ2) is 4.81. The maximum absolute atomic E-state index is 11.6. The maximum atomic E-state index is 11.6. The van der Waals surface area contributed by atoms with Crippen LogP contribution in [0.5, 0.6) is 11.6 Å². The van der Waals surface area contributed by atoms with Crippen LogP contribution in [0.15, 0.2) is 27.5 Å². The van der Waals surface area contributed by atoms with Gasteiger partial charge >= 0.3 is 0 Å². The van der Waals surface area contributed by atoms with E-state index in [0.29, 0.717) is 11.3 Å². The molecule has 5 nitrogen and oxygen atoms in total. The SMILES string of the molecule is COc1cc(C)ccc1-c1nc(O)c(Br)c(=O)[nH]1. The van der Waals surface area contributed by atoms with Gasteiger partial charge in [-0.3, -0.25) is 4.79 Å². The zero-order valence-electron chi connectivity index (χ0n) is 9.82. The van der Waals surface area contributed by atoms with Gasteiger partial charge < -0.3 is 14.8 Å². The molecule has 2 aromatic rings. The molecule has 2 N–H and O–H groups in total. The molecule has 0 aliphatic carbocycles. The molecule has 1 aromatic heterocycles. The molecule has 0 aliphatic heterocycles. The van der Waals surface area contributed by atoms with Gasteiger partial charge in [0.05, 0.1) is 12.7 Å². The molecule has 6 heteroatoms. The van der Waals surface area contributed by atoms with Gasteiger partial charge in [-0.2, -0.15) is 4.98 Å². The highest BCUT2D eigenvalue weighted by Gasteiger charge is 2.12. The Hall–Kier alpha value is -1.82. The average molecular weight is 311 g/mol. The number of hydrogen-bond acceptors (Lipinski definition) is 4. The number of aromatic amines is 1. The Kier molecular flexibility index (Phi) is 3.38. The normalized spacial score (nSPS) is 10.4. The second-order valence-corrected chi connectivity index (χ2v) is 4.55. The highest BCUT2D eigenvalue weighted by Crippen LogP contribution is 2.29. The molecule has 0 amide bonds. The van der Waals surface area contributed by atoms with E-state index < -0.39 is 5.56 Å². The lowest BCUT2D eigenvalue weighted by atomic mass is 10.1. The summed E-state index contributed by atoms with van der Waals surface area (Å²) in [5, 5.41) is 9.54. The van der Waals surface area contributed by atoms with Gasteiger partial charge in [0, 0.05) is 0 Å². The number of benzene rings is 1. The monoisotopic (exact) mass is 310 g/mol. The number of rotatable bonds is 2. The maximum Gasteiger partial charge on any atom is 0.269 e. The van der Waals surface area contributed by atoms with Crippen LogP contribution in [0, 0.1) is 6.92 Å². The summed E-state index contributed by atoms with van der Waals surface area (Å²) in [5.41, 5.74) is 1.20. The van der Waals surface area contributed by atoms with E-state index in [9.17, 15) is 9.90 Å². The van der Waals surface area contributed by atoms with Crippen LogP contribution in [0.3, 0.4) is 0 Å². The first kappa shape index (κ1) is 12.6. The molecule has 0 saturated heterocycles. The summed E-state index contributed by atoms with van der Waals surface area (Å²) in [7, 11) is 1.54. The lowest BCUT2D eigenvalue weighted by Crippen LogP contribution is -2.10. The van der Waals surface area contributed by atoms with Gasteiger partial charge in [0.2, 0.25) is 5.88 Å². The van der Waals surface area contributed by atoms with Gasteiger partial charge in [0.15, 0.2) is 0 Å². The van der Waals surface area contributed by atoms with E-state index >= 15 is 0 Å². The largest absolute Gasteiger partial charge is 0.496 e. The zero-order chi connectivity index (χ0) is 13.3. The predicted molar refractivity (Wildman–Crippen MR) is 70.9 cm³/mol. The van der Waals surface area contributed by atoms with Gasteiger partial charge in [-0.15, -0.1) is 0 Å². The minimum Gasteiger partial charge on any atom is -0.496 e. The van der Waals surface area contributed by atoms with Crippen molar-refractivity contribution in [2.45, 2.75) is 6.92 Å². The molecular formula is C12H11BrN2O3. The van der Waals surface area contributed by atoms with E-state index in [1.807, 2.05) is 19.1 Å². The number of halogens is 1. The fourth-order valence-electron chi connectivity index (χ4n) is 1.57. The van der Waals surface area contributed by atoms with E-state index in [4.69, 9.17) is 4.74 Å². The first-order chi connectivity index (χ1) is 8.52. The summed E-state index contributed by atoms with van der Waals surface area (Å²) in [4.78, 5) is 18.0. The molecule has 0 aliphatic rings. The highest BCUT2D eigenvalue weighted by atomic mass is 79.9. The van der Waals surface area contributed by atoms with Crippen molar-refractivity contribution in [1.82, 2.24) is 9.97 Å². The second-order valence-electron chi connectivity index (χ2n) is 3.76. The number of hydrogen-bond donors (Lipinski definition) is 2. The summed E-state index contributed by atoms with van der Waals surface area (Å²) in [6.07, 6.45) is 0. The fraction of sp³-hybridized carbons (Fsp3) is 0.167. The number of nitrogens with one attached hydrogen (secondary N) is 1. The van der Waals surface area contributed by atoms with Crippen LogP contribution in [0.2, 0.25) is 0 Å². The Labute approximate surface area is 112 Å². The third-order valence-electron chi connectivity index (χ3n) is 2.46. The van der Waals surface area contributed by atoms with Crippen LogP contribution in [-0.2, 0) is 0 Å². The van der Waals surface area contributed by atoms with Crippen molar-refractivity contribution in [1.29, 1.82) is 0 Å². The minimum atomic E-state index is -0.444. The van der Waals surface area contributed by atoms with E-state index in [-0.39, 0.29) is 16.2 Å². The van der Waals surface area contributed by atoms with Crippen LogP contribution in [-0.4, -0.2) is 22.2 Å². The standard InChI is InChI=1S/C12H11BrN2O3/c1-6-3-4-7(8(5-6)18-2)10-14-11(16)9(13)12(17)15-10/h3-5H,1-2H3,(H2,14,15,16,17). The van der Waals surface area contributed by atoms with Crippen molar-refractivity contribution < 1.29 is 9.84 Å². The molecule has 0 unspecified atom stereocenters. The van der Waals surface area contributed by atoms with Crippen molar-refractivity contribution in [3.63, 3.8) is 0 Å². The molecule has 0 bridgehead atoms. The molecule has 2 rings (SSSR count). The van der Waals surface area contributed by atoms with E-state index in [0.717, 1.165) is 5.56 Å². The molecule has 1 heterocycles. The van der Waals surface area contributed by atoms with Crippen LogP contribution < -0.4 is 10.3 Å². The predicted octanol–water partition coefficient (Wildman–Crippen LogP) is 2.22. The van der Waals surface area contributed by atoms with Crippen LogP contribution >= 0.6 is 15.9 Å². The third-order valence-corrected chi connectivity index (χ3v) is 3.17. The fourth-order valence-corrected chi connectivity index (χ4v) is 1.76. The highest BCUT2D eigenvalue weighted by molar-refractivity contribution is 9.10. The average Bonchev–Trinajstić information content (AvgIpc) is 2.35. The number of aryl methyl sites for hydroxylation is 1. The van der Waals surface area contributed by atoms with E-state index in [1.165, 1.54) is 7.11 Å². The van der Waals surface area contributed by atoms with Crippen molar-refractivity contribution in [2.75, 3.05) is 7.11 Å². The molecule has 0 radical (unpaired) electrons. The summed E-state index contributed by atoms with van der Waals surface area (Å²) < 4.78 is 5.25. The van der Waals surface area contributed by atoms with Crippen molar-refractivity contribution in [3.05, 3.63) is 38.6 Å². The molecule has 0 spiro atoms. The molecule has 18 heavy (non-hydrogen) atoms. The lowest BCUT2D eigenvalue weighted by Gasteiger charge is -2.09. The minimum absolute atomic E-state index is 0.0114. The number of aromatic hydroxyl groups is 1. The summed E-state index contributed by atoms with van der Waals surface area (Å²) in [6.45, 7) is 1.93. The number of nitrogens with zero attached hydrogens (tertiary/aromatic N) is 1. The lowest BCUT2D eigenvalue weighted by molar-refractivity contribution is 0.415. The Balaban J connectivity index is 2.66. The quantitative estimate of drug-likeness (QED) is 0.892. The van der Waals surface area contributed by atoms with Crippen molar-refractivity contribution in [3.8, 4) is 23.0 Å². The molecule has 0 saturated carbocycles. The molecule has 0 fully saturated rings. The van der Waals surface area contributed by atoms with Gasteiger partial charge in [-0.25, -0.2) is 0 Å². The number of aromatic nitrogens is 2. The summed E-state index contributed by atoms with van der Waals surface area (Å²) in [6, 6.07) is 5.48. The third kappa shape index (κ3) is 2.24. The first-order valence-electron chi connectivity index (χ1n) is 5.16. The van der Waals surface area contributed by atoms with Crippen LogP contribution in [0.4, 0.5) is 0 Å². The summed E-state index contributed by atoms with van der Waals surface area (Å²) >= 11 is 2.95. The van der Waals surface area contributed by atoms with E-state index in [1.54, 1.807) is 6.07 Å². The molecule has 1 aromatic carbocycles. The van der Waals surface area contributed by atoms with Crippen LogP contribution in [0.1, 0.15) is 5.56 Å². The molecule has 94 valence electrons. The number of methoxy groups -OCH3 is 1. The van der Waals surface area contributed by atoms with Crippen LogP contribution in [0.25, 0.3) is 11.4 Å². The topological polar surface area (TPSA) is 75.2 Å². The van der Waals surface area contributed by atoms with Gasteiger partial charge in [0.1, 0.15) is 16.0 Å². The number of H-pyrrole nitrogens is 1. The Morgan fingerprint density at radius 3 is 2.78 bits per heavy atom. The molecule has 0 atom stereocenters. The molecular weight excluding hydrogens is 300 g/mol. The number of ether oxygens (including phenoxy) is 1. The van der Waals surface area contributed by atoms with Crippen molar-refractivity contribution >= 4 is 15.9 Å².